The van der Waals surface area contributed by atoms with E-state index < -0.39 is 0 Å². The molecule has 0 fully saturated rings. The van der Waals surface area contributed by atoms with Crippen LogP contribution in [0.2, 0.25) is 0 Å². The van der Waals surface area contributed by atoms with Crippen molar-refractivity contribution < 1.29 is 14.3 Å². The summed E-state index contributed by atoms with van der Waals surface area (Å²) in [7, 11) is 3.12. The number of carbonyl (C=O) groups is 1. The quantitative estimate of drug-likeness (QED) is 0.751. The number of thiocarbonyl (C=S) groups is 1. The second kappa shape index (κ2) is 8.12. The SMILES string of the molecule is COc1ccc(NC(=S)NC(=O)c2ccc(C)c(Br)c2)cc1OC. The number of hydrogen-bond donors (Lipinski definition) is 2. The lowest BCUT2D eigenvalue weighted by Gasteiger charge is -2.13. The third-order valence-electron chi connectivity index (χ3n) is 3.30. The van der Waals surface area contributed by atoms with Crippen LogP contribution in [0.1, 0.15) is 15.9 Å². The second-order valence-corrected chi connectivity index (χ2v) is 6.20. The van der Waals surface area contributed by atoms with Crippen molar-refractivity contribution in [3.05, 3.63) is 52.0 Å². The summed E-state index contributed by atoms with van der Waals surface area (Å²) in [6.45, 7) is 1.95. The molecule has 7 heteroatoms. The van der Waals surface area contributed by atoms with E-state index in [1.54, 1.807) is 44.6 Å². The van der Waals surface area contributed by atoms with E-state index >= 15 is 0 Å². The van der Waals surface area contributed by atoms with Crippen LogP contribution < -0.4 is 20.1 Å². The van der Waals surface area contributed by atoms with E-state index in [2.05, 4.69) is 26.6 Å². The minimum atomic E-state index is -0.284. The van der Waals surface area contributed by atoms with Crippen molar-refractivity contribution >= 4 is 44.9 Å². The highest BCUT2D eigenvalue weighted by Crippen LogP contribution is 2.29. The van der Waals surface area contributed by atoms with Gasteiger partial charge in [-0.25, -0.2) is 0 Å². The number of rotatable bonds is 4. The first kappa shape index (κ1) is 18.2. The molecule has 0 unspecified atom stereocenters. The van der Waals surface area contributed by atoms with Gasteiger partial charge in [0.15, 0.2) is 16.6 Å². The normalized spacial score (nSPS) is 10.0. The molecule has 0 aliphatic carbocycles. The van der Waals surface area contributed by atoms with Gasteiger partial charge in [0, 0.05) is 21.8 Å². The third kappa shape index (κ3) is 4.46. The molecule has 0 atom stereocenters. The lowest BCUT2D eigenvalue weighted by Crippen LogP contribution is -2.34. The highest BCUT2D eigenvalue weighted by molar-refractivity contribution is 9.10. The van der Waals surface area contributed by atoms with E-state index in [-0.39, 0.29) is 11.0 Å². The van der Waals surface area contributed by atoms with Crippen LogP contribution in [-0.4, -0.2) is 25.2 Å². The van der Waals surface area contributed by atoms with E-state index in [9.17, 15) is 4.79 Å². The molecule has 2 N–H and O–H groups in total. The molecule has 5 nitrogen and oxygen atoms in total. The number of benzene rings is 2. The summed E-state index contributed by atoms with van der Waals surface area (Å²) < 4.78 is 11.3. The Morgan fingerprint density at radius 1 is 1.08 bits per heavy atom. The topological polar surface area (TPSA) is 59.6 Å². The van der Waals surface area contributed by atoms with Crippen LogP contribution in [0.25, 0.3) is 0 Å². The number of ether oxygens (including phenoxy) is 2. The molecule has 2 rings (SSSR count). The van der Waals surface area contributed by atoms with E-state index in [4.69, 9.17) is 21.7 Å². The lowest BCUT2D eigenvalue weighted by molar-refractivity contribution is 0.0977. The van der Waals surface area contributed by atoms with E-state index in [1.807, 2.05) is 13.0 Å². The van der Waals surface area contributed by atoms with Crippen LogP contribution >= 0.6 is 28.1 Å². The van der Waals surface area contributed by atoms with Crippen LogP contribution in [0.5, 0.6) is 11.5 Å². The molecule has 0 saturated heterocycles. The number of carbonyl (C=O) groups excluding carboxylic acids is 1. The molecular formula is C17H17BrN2O3S. The highest BCUT2D eigenvalue weighted by atomic mass is 79.9. The van der Waals surface area contributed by atoms with Gasteiger partial charge in [0.05, 0.1) is 14.2 Å². The van der Waals surface area contributed by atoms with Crippen molar-refractivity contribution in [3.8, 4) is 11.5 Å². The lowest BCUT2D eigenvalue weighted by atomic mass is 10.1. The van der Waals surface area contributed by atoms with Crippen LogP contribution in [0.4, 0.5) is 5.69 Å². The molecule has 0 aliphatic heterocycles. The molecule has 0 aromatic heterocycles. The zero-order valence-corrected chi connectivity index (χ0v) is 15.9. The van der Waals surface area contributed by atoms with Crippen LogP contribution in [0.15, 0.2) is 40.9 Å². The Balaban J connectivity index is 2.05. The van der Waals surface area contributed by atoms with Gasteiger partial charge in [-0.05, 0) is 49.0 Å². The maximum Gasteiger partial charge on any atom is 0.257 e. The highest BCUT2D eigenvalue weighted by Gasteiger charge is 2.10. The van der Waals surface area contributed by atoms with Crippen molar-refractivity contribution in [1.29, 1.82) is 0 Å². The van der Waals surface area contributed by atoms with E-state index in [1.165, 1.54) is 0 Å². The molecule has 0 spiro atoms. The first-order valence-electron chi connectivity index (χ1n) is 7.05. The Bertz CT molecular complexity index is 780. The largest absolute Gasteiger partial charge is 0.493 e. The Kier molecular flexibility index (Phi) is 6.16. The summed E-state index contributed by atoms with van der Waals surface area (Å²) in [4.78, 5) is 12.2. The van der Waals surface area contributed by atoms with E-state index in [0.717, 1.165) is 10.0 Å². The molecular weight excluding hydrogens is 392 g/mol. The fourth-order valence-corrected chi connectivity index (χ4v) is 2.58. The van der Waals surface area contributed by atoms with Gasteiger partial charge in [0.1, 0.15) is 0 Å². The molecule has 0 heterocycles. The minimum Gasteiger partial charge on any atom is -0.493 e. The first-order chi connectivity index (χ1) is 11.4. The van der Waals surface area contributed by atoms with E-state index in [0.29, 0.717) is 22.7 Å². The average Bonchev–Trinajstić information content (AvgIpc) is 2.56. The van der Waals surface area contributed by atoms with Crippen molar-refractivity contribution in [3.63, 3.8) is 0 Å². The van der Waals surface area contributed by atoms with Gasteiger partial charge in [-0.15, -0.1) is 0 Å². The van der Waals surface area contributed by atoms with Gasteiger partial charge in [-0.2, -0.15) is 0 Å². The Hall–Kier alpha value is -2.12. The summed E-state index contributed by atoms with van der Waals surface area (Å²) >= 11 is 8.59. The maximum atomic E-state index is 12.2. The molecule has 24 heavy (non-hydrogen) atoms. The number of amides is 1. The third-order valence-corrected chi connectivity index (χ3v) is 4.36. The maximum absolute atomic E-state index is 12.2. The van der Waals surface area contributed by atoms with Gasteiger partial charge < -0.3 is 14.8 Å². The molecule has 2 aromatic carbocycles. The molecule has 0 bridgehead atoms. The smallest absolute Gasteiger partial charge is 0.257 e. The molecule has 0 radical (unpaired) electrons. The predicted molar refractivity (Wildman–Crippen MR) is 102 cm³/mol. The number of methoxy groups -OCH3 is 2. The standard InChI is InChI=1S/C17H17BrN2O3S/c1-10-4-5-11(8-13(10)18)16(21)20-17(24)19-12-6-7-14(22-2)15(9-12)23-3/h4-9H,1-3H3,(H2,19,20,21,24). The summed E-state index contributed by atoms with van der Waals surface area (Å²) in [6.07, 6.45) is 0. The number of anilines is 1. The van der Waals surface area contributed by atoms with Gasteiger partial charge in [-0.1, -0.05) is 22.0 Å². The molecule has 126 valence electrons. The Morgan fingerprint density at radius 3 is 2.42 bits per heavy atom. The van der Waals surface area contributed by atoms with Gasteiger partial charge in [0.2, 0.25) is 0 Å². The van der Waals surface area contributed by atoms with Crippen molar-refractivity contribution in [2.45, 2.75) is 6.92 Å². The van der Waals surface area contributed by atoms with Crippen LogP contribution in [-0.2, 0) is 0 Å². The van der Waals surface area contributed by atoms with Crippen molar-refractivity contribution in [2.75, 3.05) is 19.5 Å². The first-order valence-corrected chi connectivity index (χ1v) is 8.25. The second-order valence-electron chi connectivity index (χ2n) is 4.94. The van der Waals surface area contributed by atoms with Gasteiger partial charge in [0.25, 0.3) is 5.91 Å². The Morgan fingerprint density at radius 2 is 1.79 bits per heavy atom. The van der Waals surface area contributed by atoms with Crippen molar-refractivity contribution in [1.82, 2.24) is 5.32 Å². The van der Waals surface area contributed by atoms with Gasteiger partial charge in [-0.3, -0.25) is 10.1 Å². The predicted octanol–water partition coefficient (Wildman–Crippen LogP) is 3.90. The number of aryl methyl sites for hydroxylation is 1. The summed E-state index contributed by atoms with van der Waals surface area (Å²) in [6, 6.07) is 10.6. The summed E-state index contributed by atoms with van der Waals surface area (Å²) in [5.74, 6) is 0.898. The molecule has 0 saturated carbocycles. The fourth-order valence-electron chi connectivity index (χ4n) is 1.99. The summed E-state index contributed by atoms with van der Waals surface area (Å²) in [5, 5.41) is 5.79. The number of hydrogen-bond acceptors (Lipinski definition) is 4. The number of nitrogens with one attached hydrogen (secondary N) is 2. The monoisotopic (exact) mass is 408 g/mol. The molecule has 0 aliphatic rings. The average molecular weight is 409 g/mol. The van der Waals surface area contributed by atoms with Crippen LogP contribution in [0, 0.1) is 6.92 Å². The fraction of sp³-hybridized carbons (Fsp3) is 0.176. The summed E-state index contributed by atoms with van der Waals surface area (Å²) in [5.41, 5.74) is 2.25. The minimum absolute atomic E-state index is 0.198. The zero-order chi connectivity index (χ0) is 17.7. The van der Waals surface area contributed by atoms with Gasteiger partial charge >= 0.3 is 0 Å². The van der Waals surface area contributed by atoms with Crippen LogP contribution in [0.3, 0.4) is 0 Å². The number of halogens is 1. The zero-order valence-electron chi connectivity index (χ0n) is 13.5. The molecule has 1 amide bonds. The Labute approximate surface area is 154 Å². The molecule has 2 aromatic rings. The van der Waals surface area contributed by atoms with Crippen molar-refractivity contribution in [2.24, 2.45) is 0 Å².